The Balaban J connectivity index is 0.000000561. The predicted octanol–water partition coefficient (Wildman–Crippen LogP) is -0.298. The van der Waals surface area contributed by atoms with Crippen molar-refractivity contribution in [3.63, 3.8) is 0 Å². The van der Waals surface area contributed by atoms with Crippen molar-refractivity contribution in [2.24, 2.45) is 5.41 Å². The zero-order valence-corrected chi connectivity index (χ0v) is 15.8. The first kappa shape index (κ1) is 22.7. The molecule has 0 aliphatic heterocycles. The number of carboxylic acid groups (broad SMARTS) is 1. The summed E-state index contributed by atoms with van der Waals surface area (Å²) in [6, 6.07) is 7.10. The molecule has 1 aromatic carbocycles. The number of carbonyl (C=O) groups is 1. The van der Waals surface area contributed by atoms with E-state index in [-0.39, 0.29) is 5.41 Å². The van der Waals surface area contributed by atoms with Gasteiger partial charge < -0.3 is 9.66 Å². The van der Waals surface area contributed by atoms with Crippen LogP contribution >= 0.6 is 0 Å². The van der Waals surface area contributed by atoms with E-state index in [1.54, 1.807) is 12.1 Å². The molecule has 1 rings (SSSR count). The van der Waals surface area contributed by atoms with Crippen molar-refractivity contribution in [3.8, 4) is 9.85 Å². The smallest absolute Gasteiger partial charge is 0.485 e. The molecule has 1 N–H and O–H groups in total. The number of benzene rings is 1. The van der Waals surface area contributed by atoms with Crippen LogP contribution in [0.1, 0.15) is 31.1 Å². The highest BCUT2D eigenvalue weighted by atomic mass is 127. The predicted molar refractivity (Wildman–Crippen MR) is 75.1 cm³/mol. The summed E-state index contributed by atoms with van der Waals surface area (Å²) < 4.78 is 62.9. The Hall–Kier alpha value is -1.32. The van der Waals surface area contributed by atoms with Crippen LogP contribution in [0.25, 0.3) is 0 Å². The first-order chi connectivity index (χ1) is 10.6. The monoisotopic (exact) mass is 478 g/mol. The SMILES string of the molecule is CC(C)(C)C#C[I+]c1ccccc1C(=O)O.O=S(=O)([O-])C(F)(F)F. The Labute approximate surface area is 148 Å². The fraction of sp³-hybridized carbons (Fsp3) is 0.357. The van der Waals surface area contributed by atoms with Gasteiger partial charge in [0.05, 0.1) is 0 Å². The van der Waals surface area contributed by atoms with Crippen LogP contribution in [0.4, 0.5) is 13.2 Å². The molecular formula is C14H14F3IO5S. The van der Waals surface area contributed by atoms with Crippen LogP contribution in [-0.4, -0.2) is 29.6 Å². The molecule has 134 valence electrons. The van der Waals surface area contributed by atoms with Crippen molar-refractivity contribution in [1.82, 2.24) is 0 Å². The van der Waals surface area contributed by atoms with Crippen LogP contribution in [0.15, 0.2) is 24.3 Å². The molecule has 0 aliphatic rings. The Morgan fingerprint density at radius 2 is 1.67 bits per heavy atom. The molecule has 0 bridgehead atoms. The van der Waals surface area contributed by atoms with Gasteiger partial charge >= 0.3 is 32.7 Å². The van der Waals surface area contributed by atoms with E-state index >= 15 is 0 Å². The highest BCUT2D eigenvalue weighted by Gasteiger charge is 2.36. The molecule has 0 fully saturated rings. The third-order valence-corrected chi connectivity index (χ3v) is 4.59. The van der Waals surface area contributed by atoms with Crippen LogP contribution in [0.2, 0.25) is 0 Å². The second-order valence-corrected chi connectivity index (χ2v) is 8.86. The van der Waals surface area contributed by atoms with Gasteiger partial charge in [0.2, 0.25) is 3.57 Å². The van der Waals surface area contributed by atoms with Crippen LogP contribution in [-0.2, 0) is 10.1 Å². The minimum absolute atomic E-state index is 0.0160. The third kappa shape index (κ3) is 9.09. The van der Waals surface area contributed by atoms with E-state index in [2.05, 4.69) is 9.85 Å². The van der Waals surface area contributed by atoms with E-state index in [1.807, 2.05) is 32.9 Å². The lowest BCUT2D eigenvalue weighted by atomic mass is 9.99. The van der Waals surface area contributed by atoms with Crippen molar-refractivity contribution in [3.05, 3.63) is 33.4 Å². The molecule has 0 aliphatic carbocycles. The molecule has 0 radical (unpaired) electrons. The van der Waals surface area contributed by atoms with Gasteiger partial charge in [-0.05, 0) is 38.8 Å². The maximum atomic E-state index is 11.0. The summed E-state index contributed by atoms with van der Waals surface area (Å²) in [5, 5.41) is 8.99. The average molecular weight is 478 g/mol. The quantitative estimate of drug-likeness (QED) is 0.273. The van der Waals surface area contributed by atoms with Gasteiger partial charge in [0.1, 0.15) is 5.56 Å². The van der Waals surface area contributed by atoms with Crippen LogP contribution in [0, 0.1) is 18.8 Å². The Bertz CT molecular complexity index is 740. The second kappa shape index (κ2) is 8.68. The van der Waals surface area contributed by atoms with Crippen molar-refractivity contribution < 1.29 is 57.2 Å². The van der Waals surface area contributed by atoms with Crippen molar-refractivity contribution in [1.29, 1.82) is 0 Å². The summed E-state index contributed by atoms with van der Waals surface area (Å²) in [5.74, 6) is 2.27. The number of rotatable bonds is 2. The minimum atomic E-state index is -6.09. The summed E-state index contributed by atoms with van der Waals surface area (Å²) in [5.41, 5.74) is -5.27. The summed E-state index contributed by atoms with van der Waals surface area (Å²) in [6.07, 6.45) is 0. The number of halogens is 4. The van der Waals surface area contributed by atoms with Gasteiger partial charge in [-0.15, -0.1) is 0 Å². The van der Waals surface area contributed by atoms with Crippen LogP contribution < -0.4 is 21.2 Å². The minimum Gasteiger partial charge on any atom is -0.741 e. The summed E-state index contributed by atoms with van der Waals surface area (Å²) in [7, 11) is -6.09. The number of carboxylic acids is 1. The largest absolute Gasteiger partial charge is 0.741 e. The van der Waals surface area contributed by atoms with Crippen molar-refractivity contribution in [2.75, 3.05) is 0 Å². The van der Waals surface area contributed by atoms with Crippen molar-refractivity contribution in [2.45, 2.75) is 26.3 Å². The summed E-state index contributed by atoms with van der Waals surface area (Å²) in [4.78, 5) is 11.0. The number of hydrogen-bond acceptors (Lipinski definition) is 4. The molecule has 0 amide bonds. The van der Waals surface area contributed by atoms with Gasteiger partial charge in [-0.2, -0.15) is 13.2 Å². The van der Waals surface area contributed by atoms with E-state index in [9.17, 15) is 18.0 Å². The van der Waals surface area contributed by atoms with Gasteiger partial charge in [-0.1, -0.05) is 12.1 Å². The maximum Gasteiger partial charge on any atom is 0.485 e. The molecule has 24 heavy (non-hydrogen) atoms. The first-order valence-corrected chi connectivity index (χ1v) is 9.72. The molecule has 0 aromatic heterocycles. The second-order valence-electron chi connectivity index (χ2n) is 5.25. The van der Waals surface area contributed by atoms with Gasteiger partial charge in [0.25, 0.3) is 0 Å². The Kier molecular flexibility index (Phi) is 8.20. The molecule has 0 saturated heterocycles. The van der Waals surface area contributed by atoms with Crippen LogP contribution in [0.3, 0.4) is 0 Å². The van der Waals surface area contributed by atoms with Gasteiger partial charge in [-0.3, -0.25) is 0 Å². The molecule has 0 unspecified atom stereocenters. The summed E-state index contributed by atoms with van der Waals surface area (Å²) in [6.45, 7) is 6.15. The highest BCUT2D eigenvalue weighted by molar-refractivity contribution is 7.86. The number of hydrogen-bond donors (Lipinski definition) is 1. The fourth-order valence-electron chi connectivity index (χ4n) is 0.933. The fourth-order valence-corrected chi connectivity index (χ4v) is 3.26. The number of alkyl halides is 3. The molecule has 0 saturated carbocycles. The van der Waals surface area contributed by atoms with Crippen molar-refractivity contribution >= 4 is 16.1 Å². The zero-order valence-electron chi connectivity index (χ0n) is 12.8. The molecule has 10 heteroatoms. The van der Waals surface area contributed by atoms with E-state index in [0.717, 1.165) is 3.57 Å². The lowest BCUT2D eigenvalue weighted by molar-refractivity contribution is -0.535. The standard InChI is InChI=1S/C13H13IO2.CHF3O3S/c1-13(2,3)8-9-14-11-7-5-4-6-10(11)12(15)16;2-1(3,4)8(5,6)7/h4-7H,1-3H3;(H,5,6,7). The van der Waals surface area contributed by atoms with Gasteiger partial charge in [-0.25, -0.2) is 13.2 Å². The average Bonchev–Trinajstić information content (AvgIpc) is 2.36. The Morgan fingerprint density at radius 3 is 2.04 bits per heavy atom. The zero-order chi connectivity index (χ0) is 19.2. The lowest BCUT2D eigenvalue weighted by Gasteiger charge is -2.08. The topological polar surface area (TPSA) is 94.5 Å². The van der Waals surface area contributed by atoms with E-state index < -0.39 is 42.8 Å². The molecule has 5 nitrogen and oxygen atoms in total. The first-order valence-electron chi connectivity index (χ1n) is 6.15. The lowest BCUT2D eigenvalue weighted by Crippen LogP contribution is -3.59. The Morgan fingerprint density at radius 1 is 1.21 bits per heavy atom. The molecular weight excluding hydrogens is 464 g/mol. The summed E-state index contributed by atoms with van der Waals surface area (Å²) >= 11 is -0.536. The van der Waals surface area contributed by atoms with E-state index in [4.69, 9.17) is 18.1 Å². The molecule has 1 aromatic rings. The molecule has 0 heterocycles. The van der Waals surface area contributed by atoms with Gasteiger partial charge in [0, 0.05) is 5.41 Å². The molecule has 0 spiro atoms. The number of aromatic carboxylic acids is 1. The van der Waals surface area contributed by atoms with E-state index in [0.29, 0.717) is 5.56 Å². The normalized spacial score (nSPS) is 11.6. The highest BCUT2D eigenvalue weighted by Crippen LogP contribution is 2.20. The van der Waals surface area contributed by atoms with Gasteiger partial charge in [0.15, 0.2) is 14.0 Å². The van der Waals surface area contributed by atoms with E-state index in [1.165, 1.54) is 0 Å². The third-order valence-electron chi connectivity index (χ3n) is 1.96. The maximum absolute atomic E-state index is 11.0. The molecule has 0 atom stereocenters. The van der Waals surface area contributed by atoms with Crippen LogP contribution in [0.5, 0.6) is 0 Å².